The molecule has 2 aromatic rings. The standard InChI is InChI=1S/C13H16FN5O/c1-2-20-13-18-11(15)17-12(19-13)16-7-6-9-4-3-5-10(14)8-9/h3-5,8H,2,6-7H2,1H3,(H3,15,16,17,18,19). The molecule has 1 aromatic carbocycles. The second kappa shape index (κ2) is 6.65. The van der Waals surface area contributed by atoms with Crippen LogP contribution in [0.5, 0.6) is 6.01 Å². The van der Waals surface area contributed by atoms with Crippen LogP contribution in [0.15, 0.2) is 24.3 Å². The Labute approximate surface area is 116 Å². The minimum absolute atomic E-state index is 0.0942. The summed E-state index contributed by atoms with van der Waals surface area (Å²) >= 11 is 0. The Morgan fingerprint density at radius 2 is 2.15 bits per heavy atom. The van der Waals surface area contributed by atoms with E-state index < -0.39 is 0 Å². The zero-order chi connectivity index (χ0) is 14.4. The number of nitrogens with two attached hydrogens (primary N) is 1. The number of hydrogen-bond donors (Lipinski definition) is 2. The van der Waals surface area contributed by atoms with Crippen LogP contribution >= 0.6 is 0 Å². The van der Waals surface area contributed by atoms with Gasteiger partial charge in [0.15, 0.2) is 0 Å². The molecule has 0 spiro atoms. The van der Waals surface area contributed by atoms with Gasteiger partial charge in [0.05, 0.1) is 6.61 Å². The molecule has 0 aliphatic rings. The number of ether oxygens (including phenoxy) is 1. The predicted molar refractivity (Wildman–Crippen MR) is 74.0 cm³/mol. The van der Waals surface area contributed by atoms with E-state index in [9.17, 15) is 4.39 Å². The number of nitrogens with one attached hydrogen (secondary N) is 1. The first-order chi connectivity index (χ1) is 9.67. The molecular weight excluding hydrogens is 261 g/mol. The Balaban J connectivity index is 1.93. The molecule has 0 aliphatic heterocycles. The first-order valence-corrected chi connectivity index (χ1v) is 6.30. The Morgan fingerprint density at radius 3 is 2.90 bits per heavy atom. The number of aromatic nitrogens is 3. The summed E-state index contributed by atoms with van der Waals surface area (Å²) in [5.41, 5.74) is 6.45. The van der Waals surface area contributed by atoms with Crippen LogP contribution in [0.2, 0.25) is 0 Å². The maximum absolute atomic E-state index is 13.0. The topological polar surface area (TPSA) is 86.0 Å². The number of nitrogens with zero attached hydrogens (tertiary/aromatic N) is 3. The maximum atomic E-state index is 13.0. The molecule has 0 unspecified atom stereocenters. The third-order valence-corrected chi connectivity index (χ3v) is 2.49. The first kappa shape index (κ1) is 14.0. The molecule has 0 saturated heterocycles. The highest BCUT2D eigenvalue weighted by Crippen LogP contribution is 2.09. The van der Waals surface area contributed by atoms with E-state index in [0.717, 1.165) is 5.56 Å². The summed E-state index contributed by atoms with van der Waals surface area (Å²) in [7, 11) is 0. The molecule has 0 aliphatic carbocycles. The van der Waals surface area contributed by atoms with Gasteiger partial charge in [-0.25, -0.2) is 4.39 Å². The monoisotopic (exact) mass is 277 g/mol. The molecule has 0 fully saturated rings. The van der Waals surface area contributed by atoms with Gasteiger partial charge in [-0.05, 0) is 31.0 Å². The number of hydrogen-bond acceptors (Lipinski definition) is 6. The normalized spacial score (nSPS) is 10.3. The number of anilines is 2. The zero-order valence-electron chi connectivity index (χ0n) is 11.1. The Hall–Kier alpha value is -2.44. The molecule has 1 aromatic heterocycles. The van der Waals surface area contributed by atoms with Crippen molar-refractivity contribution in [2.24, 2.45) is 0 Å². The molecule has 2 rings (SSSR count). The summed E-state index contributed by atoms with van der Waals surface area (Å²) in [6.07, 6.45) is 0.646. The van der Waals surface area contributed by atoms with Crippen LogP contribution in [0.3, 0.4) is 0 Å². The average Bonchev–Trinajstić information content (AvgIpc) is 2.38. The molecule has 0 bridgehead atoms. The van der Waals surface area contributed by atoms with Gasteiger partial charge in [0.2, 0.25) is 11.9 Å². The van der Waals surface area contributed by atoms with E-state index in [1.54, 1.807) is 6.07 Å². The fraction of sp³-hybridized carbons (Fsp3) is 0.308. The lowest BCUT2D eigenvalue weighted by molar-refractivity contribution is 0.312. The van der Waals surface area contributed by atoms with E-state index in [-0.39, 0.29) is 17.8 Å². The molecule has 20 heavy (non-hydrogen) atoms. The molecule has 0 saturated carbocycles. The molecule has 0 atom stereocenters. The Morgan fingerprint density at radius 1 is 1.30 bits per heavy atom. The van der Waals surface area contributed by atoms with E-state index in [1.165, 1.54) is 12.1 Å². The van der Waals surface area contributed by atoms with Gasteiger partial charge in [0, 0.05) is 6.54 Å². The molecule has 6 nitrogen and oxygen atoms in total. The summed E-state index contributed by atoms with van der Waals surface area (Å²) in [6.45, 7) is 2.84. The number of rotatable bonds is 6. The molecule has 7 heteroatoms. The SMILES string of the molecule is CCOc1nc(N)nc(NCCc2cccc(F)c2)n1. The lowest BCUT2D eigenvalue weighted by atomic mass is 10.1. The van der Waals surface area contributed by atoms with E-state index in [1.807, 2.05) is 13.0 Å². The van der Waals surface area contributed by atoms with Crippen molar-refractivity contribution < 1.29 is 9.13 Å². The van der Waals surface area contributed by atoms with Crippen molar-refractivity contribution in [3.63, 3.8) is 0 Å². The Kier molecular flexibility index (Phi) is 4.65. The third-order valence-electron chi connectivity index (χ3n) is 2.49. The van der Waals surface area contributed by atoms with Crippen LogP contribution < -0.4 is 15.8 Å². The first-order valence-electron chi connectivity index (χ1n) is 6.30. The van der Waals surface area contributed by atoms with Crippen LogP contribution in [0.4, 0.5) is 16.3 Å². The zero-order valence-corrected chi connectivity index (χ0v) is 11.1. The average molecular weight is 277 g/mol. The summed E-state index contributed by atoms with van der Waals surface area (Å²) in [6, 6.07) is 6.64. The fourth-order valence-electron chi connectivity index (χ4n) is 1.66. The molecule has 0 radical (unpaired) electrons. The summed E-state index contributed by atoms with van der Waals surface area (Å²) in [4.78, 5) is 11.9. The second-order valence-corrected chi connectivity index (χ2v) is 4.04. The highest BCUT2D eigenvalue weighted by atomic mass is 19.1. The maximum Gasteiger partial charge on any atom is 0.323 e. The van der Waals surface area contributed by atoms with Crippen LogP contribution in [0, 0.1) is 5.82 Å². The van der Waals surface area contributed by atoms with Crippen molar-refractivity contribution in [2.75, 3.05) is 24.2 Å². The smallest absolute Gasteiger partial charge is 0.323 e. The number of nitrogen functional groups attached to an aromatic ring is 1. The summed E-state index contributed by atoms with van der Waals surface area (Å²) < 4.78 is 18.2. The highest BCUT2D eigenvalue weighted by Gasteiger charge is 2.04. The van der Waals surface area contributed by atoms with Crippen LogP contribution in [-0.4, -0.2) is 28.1 Å². The van der Waals surface area contributed by atoms with Gasteiger partial charge in [0.25, 0.3) is 0 Å². The summed E-state index contributed by atoms with van der Waals surface area (Å²) in [5.74, 6) is 0.194. The van der Waals surface area contributed by atoms with Crippen molar-refractivity contribution in [3.05, 3.63) is 35.6 Å². The van der Waals surface area contributed by atoms with Gasteiger partial charge >= 0.3 is 6.01 Å². The molecular formula is C13H16FN5O. The van der Waals surface area contributed by atoms with Gasteiger partial charge < -0.3 is 15.8 Å². The van der Waals surface area contributed by atoms with Gasteiger partial charge in [0.1, 0.15) is 5.82 Å². The molecule has 0 amide bonds. The van der Waals surface area contributed by atoms with Crippen molar-refractivity contribution in [1.29, 1.82) is 0 Å². The summed E-state index contributed by atoms with van der Waals surface area (Å²) in [5, 5.41) is 3.01. The minimum atomic E-state index is -0.245. The van der Waals surface area contributed by atoms with Crippen molar-refractivity contribution in [3.8, 4) is 6.01 Å². The number of halogens is 1. The van der Waals surface area contributed by atoms with Gasteiger partial charge in [-0.15, -0.1) is 0 Å². The van der Waals surface area contributed by atoms with Crippen molar-refractivity contribution in [2.45, 2.75) is 13.3 Å². The van der Waals surface area contributed by atoms with E-state index in [2.05, 4.69) is 20.3 Å². The largest absolute Gasteiger partial charge is 0.464 e. The van der Waals surface area contributed by atoms with Crippen molar-refractivity contribution in [1.82, 2.24) is 15.0 Å². The second-order valence-electron chi connectivity index (χ2n) is 4.04. The number of benzene rings is 1. The van der Waals surface area contributed by atoms with Gasteiger partial charge in [-0.2, -0.15) is 15.0 Å². The predicted octanol–water partition coefficient (Wildman–Crippen LogP) is 1.65. The van der Waals surface area contributed by atoms with Crippen LogP contribution in [0.1, 0.15) is 12.5 Å². The molecule has 3 N–H and O–H groups in total. The van der Waals surface area contributed by atoms with Crippen LogP contribution in [-0.2, 0) is 6.42 Å². The third kappa shape index (κ3) is 4.04. The van der Waals surface area contributed by atoms with E-state index in [4.69, 9.17) is 10.5 Å². The van der Waals surface area contributed by atoms with Crippen LogP contribution in [0.25, 0.3) is 0 Å². The fourth-order valence-corrected chi connectivity index (χ4v) is 1.66. The van der Waals surface area contributed by atoms with Gasteiger partial charge in [-0.1, -0.05) is 12.1 Å². The molecule has 1 heterocycles. The Bertz CT molecular complexity index is 578. The minimum Gasteiger partial charge on any atom is -0.464 e. The van der Waals surface area contributed by atoms with E-state index >= 15 is 0 Å². The van der Waals surface area contributed by atoms with Gasteiger partial charge in [-0.3, -0.25) is 0 Å². The lowest BCUT2D eigenvalue weighted by Crippen LogP contribution is -2.11. The van der Waals surface area contributed by atoms with E-state index in [0.29, 0.717) is 25.5 Å². The molecule has 106 valence electrons. The quantitative estimate of drug-likeness (QED) is 0.835. The highest BCUT2D eigenvalue weighted by molar-refractivity contribution is 5.32. The lowest BCUT2D eigenvalue weighted by Gasteiger charge is -2.07. The van der Waals surface area contributed by atoms with Crippen molar-refractivity contribution >= 4 is 11.9 Å².